The summed E-state index contributed by atoms with van der Waals surface area (Å²) in [5.74, 6) is 5.47. The zero-order valence-corrected chi connectivity index (χ0v) is 13.0. The molecule has 4 heteroatoms. The summed E-state index contributed by atoms with van der Waals surface area (Å²) in [5.41, 5.74) is 1.32. The van der Waals surface area contributed by atoms with Crippen molar-refractivity contribution in [3.05, 3.63) is 63.9 Å². The van der Waals surface area contributed by atoms with Crippen LogP contribution in [0.5, 0.6) is 0 Å². The molecule has 0 spiro atoms. The van der Waals surface area contributed by atoms with Crippen molar-refractivity contribution in [1.29, 1.82) is 0 Å². The van der Waals surface area contributed by atoms with E-state index in [1.165, 1.54) is 6.07 Å². The summed E-state index contributed by atoms with van der Waals surface area (Å²) in [6, 6.07) is 12.9. The molecule has 2 rings (SSSR count). The molecule has 0 heterocycles. The van der Waals surface area contributed by atoms with Gasteiger partial charge in [-0.05, 0) is 35.9 Å². The van der Waals surface area contributed by atoms with Gasteiger partial charge in [0.05, 0.1) is 5.56 Å². The first kappa shape index (κ1) is 15.1. The molecule has 0 aliphatic rings. The van der Waals surface area contributed by atoms with Gasteiger partial charge in [0, 0.05) is 15.1 Å². The Labute approximate surface area is 130 Å². The molecule has 0 amide bonds. The molecule has 0 bridgehead atoms. The average molecular weight is 351 g/mol. The van der Waals surface area contributed by atoms with E-state index < -0.39 is 0 Å². The van der Waals surface area contributed by atoms with Crippen LogP contribution in [0.4, 0.5) is 4.39 Å². The fourth-order valence-corrected chi connectivity index (χ4v) is 3.06. The third-order valence-electron chi connectivity index (χ3n) is 2.53. The van der Waals surface area contributed by atoms with E-state index in [-0.39, 0.29) is 12.4 Å². The molecule has 1 N–H and O–H groups in total. The Hall–Kier alpha value is -1.28. The van der Waals surface area contributed by atoms with Gasteiger partial charge >= 0.3 is 0 Å². The van der Waals surface area contributed by atoms with Crippen LogP contribution in [-0.2, 0) is 5.75 Å². The number of hydrogen-bond acceptors (Lipinski definition) is 2. The highest BCUT2D eigenvalue weighted by Gasteiger charge is 2.02. The van der Waals surface area contributed by atoms with E-state index >= 15 is 0 Å². The molecular weight excluding hydrogens is 339 g/mol. The first-order valence-corrected chi connectivity index (χ1v) is 7.73. The molecular formula is C16H12BrFOS. The Morgan fingerprint density at radius 2 is 2.05 bits per heavy atom. The van der Waals surface area contributed by atoms with E-state index in [1.807, 2.05) is 24.3 Å². The molecule has 0 unspecified atom stereocenters. The van der Waals surface area contributed by atoms with Gasteiger partial charge in [-0.15, -0.1) is 11.8 Å². The van der Waals surface area contributed by atoms with Gasteiger partial charge < -0.3 is 5.11 Å². The van der Waals surface area contributed by atoms with Crippen LogP contribution in [0.2, 0.25) is 0 Å². The Balaban J connectivity index is 2.10. The smallest absolute Gasteiger partial charge is 0.138 e. The maximum Gasteiger partial charge on any atom is 0.138 e. The molecule has 0 aromatic heterocycles. The fraction of sp³-hybridized carbons (Fsp3) is 0.125. The van der Waals surface area contributed by atoms with Gasteiger partial charge in [-0.3, -0.25) is 0 Å². The molecule has 0 saturated heterocycles. The summed E-state index contributed by atoms with van der Waals surface area (Å²) < 4.78 is 14.6. The lowest BCUT2D eigenvalue weighted by Gasteiger charge is -2.04. The van der Waals surface area contributed by atoms with E-state index in [9.17, 15) is 4.39 Å². The molecule has 0 saturated carbocycles. The Bertz CT molecular complexity index is 661. The second kappa shape index (κ2) is 7.49. The summed E-state index contributed by atoms with van der Waals surface area (Å²) in [4.78, 5) is 1.15. The van der Waals surface area contributed by atoms with Crippen LogP contribution in [0.1, 0.15) is 11.1 Å². The van der Waals surface area contributed by atoms with Gasteiger partial charge in [0.2, 0.25) is 0 Å². The predicted octanol–water partition coefficient (Wildman–Crippen LogP) is 4.22. The van der Waals surface area contributed by atoms with Crippen LogP contribution in [0.3, 0.4) is 0 Å². The van der Waals surface area contributed by atoms with E-state index in [4.69, 9.17) is 5.11 Å². The summed E-state index contributed by atoms with van der Waals surface area (Å²) in [6.07, 6.45) is 0. The quantitative estimate of drug-likeness (QED) is 0.660. The Morgan fingerprint density at radius 3 is 2.80 bits per heavy atom. The minimum Gasteiger partial charge on any atom is -0.384 e. The van der Waals surface area contributed by atoms with Crippen molar-refractivity contribution in [2.45, 2.75) is 10.6 Å². The number of hydrogen-bond donors (Lipinski definition) is 1. The number of aliphatic hydroxyl groups excluding tert-OH is 1. The van der Waals surface area contributed by atoms with Crippen molar-refractivity contribution >= 4 is 27.7 Å². The first-order valence-electron chi connectivity index (χ1n) is 5.95. The first-order chi connectivity index (χ1) is 9.69. The molecule has 2 aromatic rings. The maximum atomic E-state index is 13.5. The van der Waals surface area contributed by atoms with Gasteiger partial charge in [-0.1, -0.05) is 39.9 Å². The second-order valence-corrected chi connectivity index (χ2v) is 5.98. The number of benzene rings is 2. The number of rotatable bonds is 3. The second-order valence-electron chi connectivity index (χ2n) is 4.02. The normalized spacial score (nSPS) is 9.95. The van der Waals surface area contributed by atoms with Gasteiger partial charge in [0.25, 0.3) is 0 Å². The minimum absolute atomic E-state index is 0.267. The fourth-order valence-electron chi connectivity index (χ4n) is 1.62. The minimum atomic E-state index is -0.359. The molecule has 2 aromatic carbocycles. The van der Waals surface area contributed by atoms with E-state index in [1.54, 1.807) is 23.9 Å². The lowest BCUT2D eigenvalue weighted by Crippen LogP contribution is -1.88. The lowest BCUT2D eigenvalue weighted by atomic mass is 10.1. The molecule has 0 radical (unpaired) electrons. The summed E-state index contributed by atoms with van der Waals surface area (Å²) in [5, 5.41) is 8.66. The lowest BCUT2D eigenvalue weighted by molar-refractivity contribution is 0.350. The van der Waals surface area contributed by atoms with Gasteiger partial charge in [-0.2, -0.15) is 0 Å². The highest BCUT2D eigenvalue weighted by atomic mass is 79.9. The number of aliphatic hydroxyl groups is 1. The zero-order chi connectivity index (χ0) is 14.4. The largest absolute Gasteiger partial charge is 0.384 e. The maximum absolute atomic E-state index is 13.5. The van der Waals surface area contributed by atoms with Crippen LogP contribution in [0.15, 0.2) is 51.8 Å². The van der Waals surface area contributed by atoms with Crippen LogP contribution in [0, 0.1) is 17.7 Å². The van der Waals surface area contributed by atoms with Crippen LogP contribution in [-0.4, -0.2) is 11.7 Å². The molecule has 20 heavy (non-hydrogen) atoms. The molecule has 0 fully saturated rings. The standard InChI is InChI=1S/C16H12BrFOS/c17-14-4-1-5-15(10-14)20-11-12-6-7-16(18)13(9-12)3-2-8-19/h1,4-7,9-10,19H,8,11H2. The number of halogens is 2. The molecule has 1 nitrogen and oxygen atoms in total. The molecule has 0 atom stereocenters. The van der Waals surface area contributed by atoms with Crippen LogP contribution < -0.4 is 0 Å². The van der Waals surface area contributed by atoms with Gasteiger partial charge in [0.15, 0.2) is 0 Å². The predicted molar refractivity (Wildman–Crippen MR) is 84.1 cm³/mol. The summed E-state index contributed by atoms with van der Waals surface area (Å²) in [6.45, 7) is -0.267. The van der Waals surface area contributed by atoms with Crippen molar-refractivity contribution in [3.63, 3.8) is 0 Å². The van der Waals surface area contributed by atoms with Crippen molar-refractivity contribution in [2.75, 3.05) is 6.61 Å². The Kier molecular flexibility index (Phi) is 5.66. The van der Waals surface area contributed by atoms with Crippen molar-refractivity contribution < 1.29 is 9.50 Å². The van der Waals surface area contributed by atoms with Crippen molar-refractivity contribution in [2.24, 2.45) is 0 Å². The SMILES string of the molecule is OCC#Cc1cc(CSc2cccc(Br)c2)ccc1F. The third-order valence-corrected chi connectivity index (χ3v) is 4.09. The van der Waals surface area contributed by atoms with E-state index in [0.717, 1.165) is 20.7 Å². The van der Waals surface area contributed by atoms with E-state index in [0.29, 0.717) is 5.56 Å². The van der Waals surface area contributed by atoms with Crippen molar-refractivity contribution in [1.82, 2.24) is 0 Å². The monoisotopic (exact) mass is 350 g/mol. The summed E-state index contributed by atoms with van der Waals surface area (Å²) in [7, 11) is 0. The topological polar surface area (TPSA) is 20.2 Å². The van der Waals surface area contributed by atoms with Crippen LogP contribution >= 0.6 is 27.7 Å². The Morgan fingerprint density at radius 1 is 1.20 bits per heavy atom. The molecule has 0 aliphatic carbocycles. The van der Waals surface area contributed by atoms with E-state index in [2.05, 4.69) is 27.8 Å². The highest BCUT2D eigenvalue weighted by molar-refractivity contribution is 9.10. The highest BCUT2D eigenvalue weighted by Crippen LogP contribution is 2.26. The molecule has 0 aliphatic heterocycles. The van der Waals surface area contributed by atoms with Crippen molar-refractivity contribution in [3.8, 4) is 11.8 Å². The average Bonchev–Trinajstić information content (AvgIpc) is 2.45. The number of thioether (sulfide) groups is 1. The van der Waals surface area contributed by atoms with Gasteiger partial charge in [0.1, 0.15) is 12.4 Å². The van der Waals surface area contributed by atoms with Crippen LogP contribution in [0.25, 0.3) is 0 Å². The summed E-state index contributed by atoms with van der Waals surface area (Å²) >= 11 is 5.11. The molecule has 102 valence electrons. The third kappa shape index (κ3) is 4.38. The van der Waals surface area contributed by atoms with Gasteiger partial charge in [-0.25, -0.2) is 4.39 Å². The zero-order valence-electron chi connectivity index (χ0n) is 10.6.